The van der Waals surface area contributed by atoms with E-state index in [1.807, 2.05) is 17.9 Å². The Hall–Kier alpha value is -1.15. The minimum Gasteiger partial charge on any atom is -0.302 e. The molecule has 0 heterocycles. The molecular weight excluding hydrogens is 198 g/mol. The zero-order valence-electron chi connectivity index (χ0n) is 10.7. The number of hydrogen-bond acceptors (Lipinski definition) is 2. The summed E-state index contributed by atoms with van der Waals surface area (Å²) >= 11 is 0. The lowest BCUT2D eigenvalue weighted by Crippen LogP contribution is -2.27. The Morgan fingerprint density at radius 1 is 1.31 bits per heavy atom. The zero-order chi connectivity index (χ0) is 12.6. The van der Waals surface area contributed by atoms with Crippen molar-refractivity contribution < 1.29 is 4.79 Å². The van der Waals surface area contributed by atoms with Crippen molar-refractivity contribution >= 4 is 6.29 Å². The Balaban J connectivity index is 4.14. The van der Waals surface area contributed by atoms with E-state index in [2.05, 4.69) is 33.1 Å². The predicted octanol–water partition coefficient (Wildman–Crippen LogP) is 2.83. The number of allylic oxidation sites excluding steroid dienone is 2. The Kier molecular flexibility index (Phi) is 7.48. The van der Waals surface area contributed by atoms with Gasteiger partial charge in [-0.2, -0.15) is 0 Å². The fourth-order valence-electron chi connectivity index (χ4n) is 1.24. The van der Waals surface area contributed by atoms with Gasteiger partial charge in [0, 0.05) is 13.1 Å². The minimum atomic E-state index is 0.450. The van der Waals surface area contributed by atoms with E-state index in [1.54, 1.807) is 0 Å². The molecule has 0 aromatic heterocycles. The van der Waals surface area contributed by atoms with Crippen molar-refractivity contribution in [1.82, 2.24) is 4.90 Å². The van der Waals surface area contributed by atoms with Gasteiger partial charge in [0.05, 0.1) is 6.54 Å². The molecule has 0 aromatic carbocycles. The molecule has 0 saturated carbocycles. The van der Waals surface area contributed by atoms with Crippen LogP contribution in [-0.4, -0.2) is 30.8 Å². The van der Waals surface area contributed by atoms with Gasteiger partial charge in [0.2, 0.25) is 0 Å². The van der Waals surface area contributed by atoms with Crippen molar-refractivity contribution in [1.29, 1.82) is 0 Å². The van der Waals surface area contributed by atoms with Gasteiger partial charge in [-0.1, -0.05) is 50.3 Å². The number of nitrogens with zero attached hydrogens (tertiary/aromatic N) is 1. The Morgan fingerprint density at radius 3 is 2.38 bits per heavy atom. The second-order valence-electron chi connectivity index (χ2n) is 4.45. The maximum absolute atomic E-state index is 10.5. The highest BCUT2D eigenvalue weighted by molar-refractivity contribution is 5.52. The molecule has 0 aliphatic heterocycles. The van der Waals surface area contributed by atoms with E-state index in [-0.39, 0.29) is 0 Å². The summed E-state index contributed by atoms with van der Waals surface area (Å²) in [5, 5.41) is 0. The molecule has 0 atom stereocenters. The molecule has 0 fully saturated rings. The maximum atomic E-state index is 10.5. The van der Waals surface area contributed by atoms with Gasteiger partial charge in [-0.05, 0) is 12.8 Å². The van der Waals surface area contributed by atoms with Crippen LogP contribution in [-0.2, 0) is 4.79 Å². The molecule has 0 saturated heterocycles. The van der Waals surface area contributed by atoms with E-state index >= 15 is 0 Å². The SMILES string of the molecule is C=C(C)CN(CC=O)C/C=C/C(=C)C(C)C. The Morgan fingerprint density at radius 2 is 1.94 bits per heavy atom. The summed E-state index contributed by atoms with van der Waals surface area (Å²) in [7, 11) is 0. The van der Waals surface area contributed by atoms with Crippen LogP contribution in [0.4, 0.5) is 0 Å². The molecule has 16 heavy (non-hydrogen) atoms. The van der Waals surface area contributed by atoms with E-state index in [1.165, 1.54) is 0 Å². The van der Waals surface area contributed by atoms with Gasteiger partial charge in [0.15, 0.2) is 0 Å². The molecule has 0 aliphatic rings. The van der Waals surface area contributed by atoms with Crippen LogP contribution in [0.3, 0.4) is 0 Å². The highest BCUT2D eigenvalue weighted by Crippen LogP contribution is 2.07. The zero-order valence-corrected chi connectivity index (χ0v) is 10.7. The highest BCUT2D eigenvalue weighted by Gasteiger charge is 2.01. The molecular formula is C14H23NO. The molecule has 0 unspecified atom stereocenters. The summed E-state index contributed by atoms with van der Waals surface area (Å²) in [6.07, 6.45) is 5.00. The first kappa shape index (κ1) is 14.8. The molecule has 0 aliphatic carbocycles. The van der Waals surface area contributed by atoms with Crippen LogP contribution in [0.1, 0.15) is 20.8 Å². The van der Waals surface area contributed by atoms with Crippen LogP contribution in [0.2, 0.25) is 0 Å². The average Bonchev–Trinajstić information content (AvgIpc) is 2.16. The number of carbonyl (C=O) groups is 1. The van der Waals surface area contributed by atoms with Crippen molar-refractivity contribution in [2.24, 2.45) is 5.92 Å². The molecule has 0 N–H and O–H groups in total. The molecule has 0 rings (SSSR count). The Bertz CT molecular complexity index is 276. The first-order chi connectivity index (χ1) is 7.47. The molecule has 0 spiro atoms. The van der Waals surface area contributed by atoms with Crippen molar-refractivity contribution in [3.63, 3.8) is 0 Å². The van der Waals surface area contributed by atoms with Gasteiger partial charge < -0.3 is 4.79 Å². The molecule has 0 bridgehead atoms. The number of hydrogen-bond donors (Lipinski definition) is 0. The summed E-state index contributed by atoms with van der Waals surface area (Å²) in [5.41, 5.74) is 2.18. The van der Waals surface area contributed by atoms with Gasteiger partial charge in [-0.3, -0.25) is 4.90 Å². The third-order valence-corrected chi connectivity index (χ3v) is 2.26. The highest BCUT2D eigenvalue weighted by atomic mass is 16.1. The van der Waals surface area contributed by atoms with Crippen molar-refractivity contribution in [3.8, 4) is 0 Å². The Labute approximate surface area is 99.3 Å². The lowest BCUT2D eigenvalue weighted by Gasteiger charge is -2.17. The summed E-state index contributed by atoms with van der Waals surface area (Å²) in [4.78, 5) is 12.5. The summed E-state index contributed by atoms with van der Waals surface area (Å²) in [6.45, 7) is 16.0. The van der Waals surface area contributed by atoms with Crippen molar-refractivity contribution in [2.45, 2.75) is 20.8 Å². The van der Waals surface area contributed by atoms with Gasteiger partial charge >= 0.3 is 0 Å². The van der Waals surface area contributed by atoms with Gasteiger partial charge in [0.1, 0.15) is 6.29 Å². The summed E-state index contributed by atoms with van der Waals surface area (Å²) in [6, 6.07) is 0. The number of carbonyl (C=O) groups excluding carboxylic acids is 1. The maximum Gasteiger partial charge on any atom is 0.134 e. The van der Waals surface area contributed by atoms with Crippen molar-refractivity contribution in [3.05, 3.63) is 36.5 Å². The van der Waals surface area contributed by atoms with Crippen LogP contribution in [0.25, 0.3) is 0 Å². The molecule has 90 valence electrons. The number of aldehydes is 1. The van der Waals surface area contributed by atoms with Gasteiger partial charge in [-0.15, -0.1) is 0 Å². The lowest BCUT2D eigenvalue weighted by atomic mass is 10.1. The van der Waals surface area contributed by atoms with Crippen LogP contribution in [0.5, 0.6) is 0 Å². The quantitative estimate of drug-likeness (QED) is 0.357. The second kappa shape index (κ2) is 8.05. The van der Waals surface area contributed by atoms with E-state index < -0.39 is 0 Å². The topological polar surface area (TPSA) is 20.3 Å². The number of rotatable bonds is 8. The summed E-state index contributed by atoms with van der Waals surface area (Å²) < 4.78 is 0. The third-order valence-electron chi connectivity index (χ3n) is 2.26. The predicted molar refractivity (Wildman–Crippen MR) is 70.4 cm³/mol. The van der Waals surface area contributed by atoms with Crippen LogP contribution >= 0.6 is 0 Å². The third kappa shape index (κ3) is 7.18. The second-order valence-corrected chi connectivity index (χ2v) is 4.45. The first-order valence-electron chi connectivity index (χ1n) is 5.63. The average molecular weight is 221 g/mol. The monoisotopic (exact) mass is 221 g/mol. The van der Waals surface area contributed by atoms with Crippen molar-refractivity contribution in [2.75, 3.05) is 19.6 Å². The van der Waals surface area contributed by atoms with E-state index in [0.29, 0.717) is 12.5 Å². The first-order valence-corrected chi connectivity index (χ1v) is 5.63. The normalized spacial score (nSPS) is 11.3. The standard InChI is InChI=1S/C14H23NO/c1-12(2)11-15(9-10-16)8-6-7-14(5)13(3)4/h6-7,10,13H,1,5,8-9,11H2,2-4H3/b7-6+. The smallest absolute Gasteiger partial charge is 0.134 e. The molecule has 0 aromatic rings. The lowest BCUT2D eigenvalue weighted by molar-refractivity contribution is -0.108. The molecule has 0 radical (unpaired) electrons. The fraction of sp³-hybridized carbons (Fsp3) is 0.500. The van der Waals surface area contributed by atoms with Gasteiger partial charge in [-0.25, -0.2) is 0 Å². The summed E-state index contributed by atoms with van der Waals surface area (Å²) in [5.74, 6) is 0.469. The fourth-order valence-corrected chi connectivity index (χ4v) is 1.24. The van der Waals surface area contributed by atoms with Gasteiger partial charge in [0.25, 0.3) is 0 Å². The largest absolute Gasteiger partial charge is 0.302 e. The van der Waals surface area contributed by atoms with E-state index in [4.69, 9.17) is 0 Å². The molecule has 0 amide bonds. The van der Waals surface area contributed by atoms with E-state index in [0.717, 1.165) is 30.5 Å². The molecule has 2 heteroatoms. The minimum absolute atomic E-state index is 0.450. The van der Waals surface area contributed by atoms with Crippen LogP contribution in [0, 0.1) is 5.92 Å². The molecule has 2 nitrogen and oxygen atoms in total. The van der Waals surface area contributed by atoms with Crippen LogP contribution < -0.4 is 0 Å². The van der Waals surface area contributed by atoms with Crippen LogP contribution in [0.15, 0.2) is 36.5 Å². The van der Waals surface area contributed by atoms with E-state index in [9.17, 15) is 4.79 Å².